The Hall–Kier alpha value is -1.36. The van der Waals surface area contributed by atoms with Crippen LogP contribution in [0.5, 0.6) is 0 Å². The second kappa shape index (κ2) is 6.27. The molecule has 0 saturated carbocycles. The number of esters is 1. The molecule has 0 unspecified atom stereocenters. The van der Waals surface area contributed by atoms with Crippen molar-refractivity contribution >= 4 is 5.97 Å². The fourth-order valence-electron chi connectivity index (χ4n) is 1.54. The van der Waals surface area contributed by atoms with Crippen molar-refractivity contribution in [3.8, 4) is 0 Å². The van der Waals surface area contributed by atoms with E-state index in [-0.39, 0.29) is 5.97 Å². The number of hydrogen-bond donors (Lipinski definition) is 0. The number of likely N-dealkylation sites (N-methyl/N-ethyl adjacent to an activating group) is 1. The summed E-state index contributed by atoms with van der Waals surface area (Å²) in [5, 5.41) is 0. The lowest BCUT2D eigenvalue weighted by atomic mass is 10.4. The molecular formula is C11H19N3O2. The SMILES string of the molecule is CCCn1cncc1CN(C)CC(=O)OC. The maximum atomic E-state index is 11.1. The summed E-state index contributed by atoms with van der Waals surface area (Å²) < 4.78 is 6.72. The molecule has 5 nitrogen and oxygen atoms in total. The molecular weight excluding hydrogens is 206 g/mol. The predicted octanol–water partition coefficient (Wildman–Crippen LogP) is 0.898. The molecule has 0 aliphatic carbocycles. The third-order valence-electron chi connectivity index (χ3n) is 2.32. The van der Waals surface area contributed by atoms with E-state index < -0.39 is 0 Å². The van der Waals surface area contributed by atoms with Crippen molar-refractivity contribution in [2.45, 2.75) is 26.4 Å². The van der Waals surface area contributed by atoms with Crippen LogP contribution in [-0.4, -0.2) is 41.1 Å². The lowest BCUT2D eigenvalue weighted by Crippen LogP contribution is -2.27. The van der Waals surface area contributed by atoms with Crippen LogP contribution < -0.4 is 0 Å². The number of carbonyl (C=O) groups is 1. The van der Waals surface area contributed by atoms with Crippen LogP contribution in [-0.2, 0) is 22.6 Å². The first-order valence-corrected chi connectivity index (χ1v) is 5.41. The van der Waals surface area contributed by atoms with Crippen LogP contribution >= 0.6 is 0 Å². The third-order valence-corrected chi connectivity index (χ3v) is 2.32. The highest BCUT2D eigenvalue weighted by atomic mass is 16.5. The van der Waals surface area contributed by atoms with Gasteiger partial charge in [0.25, 0.3) is 0 Å². The number of rotatable bonds is 6. The lowest BCUT2D eigenvalue weighted by Gasteiger charge is -2.15. The van der Waals surface area contributed by atoms with E-state index in [9.17, 15) is 4.79 Å². The van der Waals surface area contributed by atoms with Gasteiger partial charge in [-0.05, 0) is 13.5 Å². The number of imidazole rings is 1. The number of hydrogen-bond acceptors (Lipinski definition) is 4. The predicted molar refractivity (Wildman–Crippen MR) is 60.9 cm³/mol. The van der Waals surface area contributed by atoms with Crippen LogP contribution in [0.3, 0.4) is 0 Å². The molecule has 1 rings (SSSR count). The van der Waals surface area contributed by atoms with Gasteiger partial charge in [-0.1, -0.05) is 6.92 Å². The first-order valence-electron chi connectivity index (χ1n) is 5.41. The Bertz CT molecular complexity index is 336. The standard InChI is InChI=1S/C11H19N3O2/c1-4-5-14-9-12-6-10(14)7-13(2)8-11(15)16-3/h6,9H,4-5,7-8H2,1-3H3. The molecule has 0 radical (unpaired) electrons. The summed E-state index contributed by atoms with van der Waals surface area (Å²) in [7, 11) is 3.29. The number of ether oxygens (including phenoxy) is 1. The van der Waals surface area contributed by atoms with Gasteiger partial charge in [0.1, 0.15) is 0 Å². The molecule has 0 bridgehead atoms. The molecule has 0 spiro atoms. The minimum absolute atomic E-state index is 0.218. The topological polar surface area (TPSA) is 47.4 Å². The minimum Gasteiger partial charge on any atom is -0.468 e. The summed E-state index contributed by atoms with van der Waals surface area (Å²) in [4.78, 5) is 17.1. The summed E-state index contributed by atoms with van der Waals surface area (Å²) in [5.41, 5.74) is 1.12. The Morgan fingerprint density at radius 2 is 2.38 bits per heavy atom. The van der Waals surface area contributed by atoms with Crippen molar-refractivity contribution in [2.75, 3.05) is 20.7 Å². The van der Waals surface area contributed by atoms with Gasteiger partial charge in [-0.25, -0.2) is 4.98 Å². The van der Waals surface area contributed by atoms with Gasteiger partial charge in [-0.15, -0.1) is 0 Å². The Labute approximate surface area is 96.0 Å². The van der Waals surface area contributed by atoms with Gasteiger partial charge in [-0.3, -0.25) is 9.69 Å². The van der Waals surface area contributed by atoms with E-state index in [2.05, 4.69) is 21.2 Å². The number of carbonyl (C=O) groups excluding carboxylic acids is 1. The number of methoxy groups -OCH3 is 1. The summed E-state index contributed by atoms with van der Waals surface area (Å²) in [6.45, 7) is 4.09. The second-order valence-corrected chi connectivity index (χ2v) is 3.83. The monoisotopic (exact) mass is 225 g/mol. The summed E-state index contributed by atoms with van der Waals surface area (Å²) in [5.74, 6) is -0.218. The molecule has 0 N–H and O–H groups in total. The van der Waals surface area contributed by atoms with E-state index in [0.717, 1.165) is 18.7 Å². The van der Waals surface area contributed by atoms with Crippen molar-refractivity contribution in [3.05, 3.63) is 18.2 Å². The lowest BCUT2D eigenvalue weighted by molar-refractivity contribution is -0.141. The van der Waals surface area contributed by atoms with E-state index in [1.54, 1.807) is 0 Å². The molecule has 1 aromatic rings. The Kier molecular flexibility index (Phi) is 4.98. The van der Waals surface area contributed by atoms with Gasteiger partial charge in [0.05, 0.1) is 25.7 Å². The van der Waals surface area contributed by atoms with Crippen LogP contribution in [0.2, 0.25) is 0 Å². The van der Waals surface area contributed by atoms with Gasteiger partial charge in [0.2, 0.25) is 0 Å². The Morgan fingerprint density at radius 1 is 1.62 bits per heavy atom. The van der Waals surface area contributed by atoms with E-state index in [0.29, 0.717) is 13.1 Å². The van der Waals surface area contributed by atoms with Crippen molar-refractivity contribution in [2.24, 2.45) is 0 Å². The molecule has 0 atom stereocenters. The molecule has 0 fully saturated rings. The second-order valence-electron chi connectivity index (χ2n) is 3.83. The number of aromatic nitrogens is 2. The smallest absolute Gasteiger partial charge is 0.319 e. The fourth-order valence-corrected chi connectivity index (χ4v) is 1.54. The maximum Gasteiger partial charge on any atom is 0.319 e. The van der Waals surface area contributed by atoms with Crippen LogP contribution in [0.15, 0.2) is 12.5 Å². The maximum absolute atomic E-state index is 11.1. The molecule has 0 aliphatic heterocycles. The molecule has 0 aromatic carbocycles. The molecule has 90 valence electrons. The summed E-state index contributed by atoms with van der Waals surface area (Å²) in [6, 6.07) is 0. The average molecular weight is 225 g/mol. The van der Waals surface area contributed by atoms with Crippen LogP contribution in [0, 0.1) is 0 Å². The molecule has 16 heavy (non-hydrogen) atoms. The zero-order chi connectivity index (χ0) is 12.0. The van der Waals surface area contributed by atoms with E-state index in [1.165, 1.54) is 7.11 Å². The fraction of sp³-hybridized carbons (Fsp3) is 0.636. The first-order chi connectivity index (χ1) is 7.67. The highest BCUT2D eigenvalue weighted by Gasteiger charge is 2.09. The molecule has 1 heterocycles. The Morgan fingerprint density at radius 3 is 3.00 bits per heavy atom. The average Bonchev–Trinajstić information content (AvgIpc) is 2.66. The Balaban J connectivity index is 2.51. The molecule has 1 aromatic heterocycles. The largest absolute Gasteiger partial charge is 0.468 e. The van der Waals surface area contributed by atoms with Crippen LogP contribution in [0.25, 0.3) is 0 Å². The normalized spacial score (nSPS) is 10.8. The molecule has 0 aliphatic rings. The summed E-state index contributed by atoms with van der Waals surface area (Å²) >= 11 is 0. The minimum atomic E-state index is -0.218. The number of aryl methyl sites for hydroxylation is 1. The van der Waals surface area contributed by atoms with Gasteiger partial charge in [0, 0.05) is 19.3 Å². The molecule has 5 heteroatoms. The first kappa shape index (κ1) is 12.7. The van der Waals surface area contributed by atoms with Crippen molar-refractivity contribution < 1.29 is 9.53 Å². The van der Waals surface area contributed by atoms with E-state index in [1.807, 2.05) is 24.5 Å². The van der Waals surface area contributed by atoms with Crippen molar-refractivity contribution in [1.82, 2.24) is 14.5 Å². The zero-order valence-corrected chi connectivity index (χ0v) is 10.1. The van der Waals surface area contributed by atoms with Crippen LogP contribution in [0.4, 0.5) is 0 Å². The van der Waals surface area contributed by atoms with Gasteiger partial charge >= 0.3 is 5.97 Å². The van der Waals surface area contributed by atoms with Gasteiger partial charge in [0.15, 0.2) is 0 Å². The summed E-state index contributed by atoms with van der Waals surface area (Å²) in [6.07, 6.45) is 4.73. The van der Waals surface area contributed by atoms with Gasteiger partial charge in [-0.2, -0.15) is 0 Å². The van der Waals surface area contributed by atoms with E-state index in [4.69, 9.17) is 0 Å². The van der Waals surface area contributed by atoms with Crippen molar-refractivity contribution in [1.29, 1.82) is 0 Å². The van der Waals surface area contributed by atoms with Gasteiger partial charge < -0.3 is 9.30 Å². The molecule has 0 saturated heterocycles. The number of nitrogens with zero attached hydrogens (tertiary/aromatic N) is 3. The van der Waals surface area contributed by atoms with E-state index >= 15 is 0 Å². The molecule has 0 amide bonds. The van der Waals surface area contributed by atoms with Crippen molar-refractivity contribution in [3.63, 3.8) is 0 Å². The zero-order valence-electron chi connectivity index (χ0n) is 10.1. The quantitative estimate of drug-likeness (QED) is 0.675. The third kappa shape index (κ3) is 3.66. The highest BCUT2D eigenvalue weighted by molar-refractivity contribution is 5.71. The highest BCUT2D eigenvalue weighted by Crippen LogP contribution is 2.04. The van der Waals surface area contributed by atoms with Crippen LogP contribution in [0.1, 0.15) is 19.0 Å².